The van der Waals surface area contributed by atoms with Crippen LogP contribution < -0.4 is 5.32 Å². The fraction of sp³-hybridized carbons (Fsp3) is 0.350. The smallest absolute Gasteiger partial charge is 0.243 e. The van der Waals surface area contributed by atoms with Crippen molar-refractivity contribution in [3.05, 3.63) is 59.2 Å². The number of hydrogen-bond donors (Lipinski definition) is 1. The van der Waals surface area contributed by atoms with Crippen LogP contribution in [-0.4, -0.2) is 51.4 Å². The van der Waals surface area contributed by atoms with Crippen LogP contribution in [0.5, 0.6) is 0 Å². The summed E-state index contributed by atoms with van der Waals surface area (Å²) in [6, 6.07) is 12.1. The highest BCUT2D eigenvalue weighted by atomic mass is 32.2. The molecule has 0 aliphatic carbocycles. The predicted molar refractivity (Wildman–Crippen MR) is 105 cm³/mol. The standard InChI is InChI=1S/C20H24N2O4S/c1-15-4-3-5-16(2)20(15)21-14-19(23)17-6-8-18(9-7-17)27(24,25)22-10-12-26-13-11-22/h3-9,21H,10-14H2,1-2H3. The number of carbonyl (C=O) groups excluding carboxylic acids is 1. The van der Waals surface area contributed by atoms with Crippen LogP contribution in [0, 0.1) is 13.8 Å². The van der Waals surface area contributed by atoms with E-state index in [1.54, 1.807) is 12.1 Å². The average Bonchev–Trinajstić information content (AvgIpc) is 2.68. The Morgan fingerprint density at radius 1 is 1.04 bits per heavy atom. The van der Waals surface area contributed by atoms with Gasteiger partial charge in [0.05, 0.1) is 24.7 Å². The molecule has 3 rings (SSSR count). The van der Waals surface area contributed by atoms with Crippen molar-refractivity contribution in [3.8, 4) is 0 Å². The highest BCUT2D eigenvalue weighted by Crippen LogP contribution is 2.20. The fourth-order valence-corrected chi connectivity index (χ4v) is 4.52. The van der Waals surface area contributed by atoms with E-state index in [1.165, 1.54) is 16.4 Å². The number of rotatable bonds is 6. The lowest BCUT2D eigenvalue weighted by Gasteiger charge is -2.26. The Kier molecular flexibility index (Phi) is 5.94. The van der Waals surface area contributed by atoms with E-state index in [4.69, 9.17) is 4.74 Å². The average molecular weight is 388 g/mol. The molecule has 0 aromatic heterocycles. The molecule has 0 amide bonds. The lowest BCUT2D eigenvalue weighted by Crippen LogP contribution is -2.40. The van der Waals surface area contributed by atoms with Crippen molar-refractivity contribution in [3.63, 3.8) is 0 Å². The van der Waals surface area contributed by atoms with Crippen LogP contribution in [0.25, 0.3) is 0 Å². The zero-order valence-electron chi connectivity index (χ0n) is 15.6. The van der Waals surface area contributed by atoms with Gasteiger partial charge in [-0.15, -0.1) is 0 Å². The van der Waals surface area contributed by atoms with Gasteiger partial charge in [0, 0.05) is 24.3 Å². The first-order valence-corrected chi connectivity index (χ1v) is 10.3. The zero-order valence-corrected chi connectivity index (χ0v) is 16.4. The largest absolute Gasteiger partial charge is 0.379 e. The van der Waals surface area contributed by atoms with Crippen molar-refractivity contribution < 1.29 is 17.9 Å². The Bertz CT molecular complexity index is 897. The highest BCUT2D eigenvalue weighted by molar-refractivity contribution is 7.89. The Morgan fingerprint density at radius 3 is 2.22 bits per heavy atom. The van der Waals surface area contributed by atoms with Crippen molar-refractivity contribution in [1.82, 2.24) is 4.31 Å². The third-order valence-corrected chi connectivity index (χ3v) is 6.60. The maximum absolute atomic E-state index is 12.6. The number of ketones is 1. The Hall–Kier alpha value is -2.22. The summed E-state index contributed by atoms with van der Waals surface area (Å²) in [5.74, 6) is -0.0898. The fourth-order valence-electron chi connectivity index (χ4n) is 3.11. The van der Waals surface area contributed by atoms with Gasteiger partial charge in [0.1, 0.15) is 0 Å². The van der Waals surface area contributed by atoms with E-state index >= 15 is 0 Å². The van der Waals surface area contributed by atoms with Gasteiger partial charge in [0.15, 0.2) is 5.78 Å². The number of morpholine rings is 1. The predicted octanol–water partition coefficient (Wildman–Crippen LogP) is 2.62. The van der Waals surface area contributed by atoms with Crippen molar-refractivity contribution in [1.29, 1.82) is 0 Å². The summed E-state index contributed by atoms with van der Waals surface area (Å²) in [6.45, 7) is 5.64. The topological polar surface area (TPSA) is 75.7 Å². The minimum Gasteiger partial charge on any atom is -0.379 e. The number of anilines is 1. The van der Waals surface area contributed by atoms with Crippen molar-refractivity contribution in [2.45, 2.75) is 18.7 Å². The van der Waals surface area contributed by atoms with Gasteiger partial charge in [0.2, 0.25) is 10.0 Å². The molecule has 7 heteroatoms. The molecule has 1 saturated heterocycles. The molecule has 144 valence electrons. The first-order chi connectivity index (χ1) is 12.9. The Balaban J connectivity index is 1.68. The lowest BCUT2D eigenvalue weighted by atomic mass is 10.1. The van der Waals surface area contributed by atoms with Gasteiger partial charge in [-0.25, -0.2) is 8.42 Å². The van der Waals surface area contributed by atoms with Gasteiger partial charge in [-0.05, 0) is 49.2 Å². The number of nitrogens with one attached hydrogen (secondary N) is 1. The first-order valence-electron chi connectivity index (χ1n) is 8.91. The number of carbonyl (C=O) groups is 1. The van der Waals surface area contributed by atoms with Gasteiger partial charge in [0.25, 0.3) is 0 Å². The number of ether oxygens (including phenoxy) is 1. The van der Waals surface area contributed by atoms with Crippen LogP contribution in [-0.2, 0) is 14.8 Å². The van der Waals surface area contributed by atoms with Crippen LogP contribution in [0.1, 0.15) is 21.5 Å². The minimum absolute atomic E-state index is 0.0898. The number of sulfonamides is 1. The third kappa shape index (κ3) is 4.37. The summed E-state index contributed by atoms with van der Waals surface area (Å²) in [5.41, 5.74) is 3.59. The van der Waals surface area contributed by atoms with Crippen LogP contribution in [0.3, 0.4) is 0 Å². The molecule has 0 saturated carbocycles. The minimum atomic E-state index is -3.54. The Morgan fingerprint density at radius 2 is 1.63 bits per heavy atom. The van der Waals surface area contributed by atoms with Crippen LogP contribution in [0.4, 0.5) is 5.69 Å². The molecule has 0 spiro atoms. The van der Waals surface area contributed by atoms with E-state index in [0.29, 0.717) is 31.9 Å². The summed E-state index contributed by atoms with van der Waals surface area (Å²) in [5, 5.41) is 3.19. The molecular formula is C20H24N2O4S. The van der Waals surface area contributed by atoms with Gasteiger partial charge < -0.3 is 10.1 Å². The highest BCUT2D eigenvalue weighted by Gasteiger charge is 2.26. The van der Waals surface area contributed by atoms with Gasteiger partial charge in [-0.1, -0.05) is 18.2 Å². The molecule has 1 fully saturated rings. The maximum Gasteiger partial charge on any atom is 0.243 e. The summed E-state index contributed by atoms with van der Waals surface area (Å²) >= 11 is 0. The van der Waals surface area contributed by atoms with Crippen molar-refractivity contribution in [2.24, 2.45) is 0 Å². The quantitative estimate of drug-likeness (QED) is 0.770. The van der Waals surface area contributed by atoms with Gasteiger partial charge in [-0.2, -0.15) is 4.31 Å². The molecule has 6 nitrogen and oxygen atoms in total. The van der Waals surface area contributed by atoms with E-state index in [0.717, 1.165) is 16.8 Å². The molecule has 0 unspecified atom stereocenters. The summed E-state index contributed by atoms with van der Waals surface area (Å²) in [6.07, 6.45) is 0. The number of Topliss-reactive ketones (excluding diaryl/α,β-unsaturated/α-hetero) is 1. The van der Waals surface area contributed by atoms with E-state index in [9.17, 15) is 13.2 Å². The molecule has 1 aliphatic heterocycles. The third-order valence-electron chi connectivity index (χ3n) is 4.69. The zero-order chi connectivity index (χ0) is 19.4. The summed E-state index contributed by atoms with van der Waals surface area (Å²) in [4.78, 5) is 12.7. The van der Waals surface area contributed by atoms with Crippen LogP contribution in [0.15, 0.2) is 47.4 Å². The second-order valence-corrected chi connectivity index (χ2v) is 8.52. The number of benzene rings is 2. The molecule has 27 heavy (non-hydrogen) atoms. The second kappa shape index (κ2) is 8.21. The molecule has 1 aliphatic rings. The molecule has 1 heterocycles. The van der Waals surface area contributed by atoms with Crippen LogP contribution >= 0.6 is 0 Å². The molecule has 0 atom stereocenters. The monoisotopic (exact) mass is 388 g/mol. The molecule has 0 radical (unpaired) electrons. The number of para-hydroxylation sites is 1. The molecule has 2 aromatic carbocycles. The normalized spacial score (nSPS) is 15.5. The lowest BCUT2D eigenvalue weighted by molar-refractivity contribution is 0.0730. The molecule has 1 N–H and O–H groups in total. The van der Waals surface area contributed by atoms with Gasteiger partial charge in [-0.3, -0.25) is 4.79 Å². The summed E-state index contributed by atoms with van der Waals surface area (Å²) < 4.78 is 31.9. The van der Waals surface area contributed by atoms with E-state index < -0.39 is 10.0 Å². The van der Waals surface area contributed by atoms with E-state index in [-0.39, 0.29) is 17.2 Å². The van der Waals surface area contributed by atoms with Gasteiger partial charge >= 0.3 is 0 Å². The number of nitrogens with zero attached hydrogens (tertiary/aromatic N) is 1. The molecule has 2 aromatic rings. The van der Waals surface area contributed by atoms with E-state index in [1.807, 2.05) is 32.0 Å². The van der Waals surface area contributed by atoms with Crippen molar-refractivity contribution in [2.75, 3.05) is 38.2 Å². The Labute approximate surface area is 160 Å². The maximum atomic E-state index is 12.6. The second-order valence-electron chi connectivity index (χ2n) is 6.58. The number of hydrogen-bond acceptors (Lipinski definition) is 5. The number of aryl methyl sites for hydroxylation is 2. The first kappa shape index (κ1) is 19.5. The van der Waals surface area contributed by atoms with Crippen molar-refractivity contribution >= 4 is 21.5 Å². The van der Waals surface area contributed by atoms with Crippen LogP contribution in [0.2, 0.25) is 0 Å². The molecule has 0 bridgehead atoms. The van der Waals surface area contributed by atoms with E-state index in [2.05, 4.69) is 5.32 Å². The summed E-state index contributed by atoms with van der Waals surface area (Å²) in [7, 11) is -3.54. The molecular weight excluding hydrogens is 364 g/mol. The SMILES string of the molecule is Cc1cccc(C)c1NCC(=O)c1ccc(S(=O)(=O)N2CCOCC2)cc1.